The molecule has 5 heteroatoms. The van der Waals surface area contributed by atoms with E-state index in [1.165, 1.54) is 12.1 Å². The van der Waals surface area contributed by atoms with Crippen molar-refractivity contribution in [3.8, 4) is 6.07 Å². The Morgan fingerprint density at radius 1 is 1.64 bits per heavy atom. The lowest BCUT2D eigenvalue weighted by molar-refractivity contribution is -0.385. The molecule has 0 aromatic heterocycles. The predicted molar refractivity (Wildman–Crippen MR) is 52.1 cm³/mol. The summed E-state index contributed by atoms with van der Waals surface area (Å²) < 4.78 is 0. The molecule has 0 bridgehead atoms. The quantitative estimate of drug-likeness (QED) is 0.428. The van der Waals surface area contributed by atoms with E-state index < -0.39 is 4.92 Å². The zero-order valence-electron chi connectivity index (χ0n) is 7.45. The first-order valence-electron chi connectivity index (χ1n) is 3.84. The number of nitriles is 1. The van der Waals surface area contributed by atoms with Gasteiger partial charge in [0.15, 0.2) is 0 Å². The van der Waals surface area contributed by atoms with Crippen LogP contribution < -0.4 is 0 Å². The minimum absolute atomic E-state index is 0.0310. The summed E-state index contributed by atoms with van der Waals surface area (Å²) in [6.07, 6.45) is 0. The molecule has 1 rings (SSSR count). The lowest BCUT2D eigenvalue weighted by Gasteiger charge is -2.02. The van der Waals surface area contributed by atoms with Crippen LogP contribution in [-0.4, -0.2) is 4.92 Å². The molecular weight excluding hydrogens is 204 g/mol. The summed E-state index contributed by atoms with van der Waals surface area (Å²) in [5.74, 6) is 0.0330. The number of hydrogen-bond acceptors (Lipinski definition) is 3. The topological polar surface area (TPSA) is 66.9 Å². The SMILES string of the molecule is Cc1cc([N+](=O)[O-])c(CCl)cc1C#N. The van der Waals surface area contributed by atoms with E-state index >= 15 is 0 Å². The molecule has 4 nitrogen and oxygen atoms in total. The Labute approximate surface area is 85.9 Å². The van der Waals surface area contributed by atoms with Gasteiger partial charge in [-0.1, -0.05) is 0 Å². The van der Waals surface area contributed by atoms with E-state index in [-0.39, 0.29) is 11.6 Å². The van der Waals surface area contributed by atoms with E-state index in [0.29, 0.717) is 16.7 Å². The largest absolute Gasteiger partial charge is 0.274 e. The number of nitro groups is 1. The second kappa shape index (κ2) is 4.07. The van der Waals surface area contributed by atoms with Gasteiger partial charge in [0.25, 0.3) is 5.69 Å². The number of benzene rings is 1. The van der Waals surface area contributed by atoms with E-state index in [0.717, 1.165) is 0 Å². The molecule has 72 valence electrons. The summed E-state index contributed by atoms with van der Waals surface area (Å²) in [4.78, 5) is 10.1. The van der Waals surface area contributed by atoms with Crippen LogP contribution in [0, 0.1) is 28.4 Å². The minimum atomic E-state index is -0.494. The molecule has 0 saturated heterocycles. The number of halogens is 1. The van der Waals surface area contributed by atoms with Crippen molar-refractivity contribution in [1.82, 2.24) is 0 Å². The van der Waals surface area contributed by atoms with E-state index in [9.17, 15) is 10.1 Å². The van der Waals surface area contributed by atoms with Gasteiger partial charge in [-0.25, -0.2) is 0 Å². The first-order chi connectivity index (χ1) is 6.60. The molecule has 0 N–H and O–H groups in total. The molecule has 0 saturated carbocycles. The highest BCUT2D eigenvalue weighted by atomic mass is 35.5. The Morgan fingerprint density at radius 2 is 2.29 bits per heavy atom. The first-order valence-corrected chi connectivity index (χ1v) is 4.37. The molecule has 0 fully saturated rings. The second-order valence-electron chi connectivity index (χ2n) is 2.80. The zero-order valence-corrected chi connectivity index (χ0v) is 8.21. The third-order valence-corrected chi connectivity index (χ3v) is 2.17. The van der Waals surface area contributed by atoms with Crippen molar-refractivity contribution in [3.05, 3.63) is 38.9 Å². The van der Waals surface area contributed by atoms with Gasteiger partial charge >= 0.3 is 0 Å². The number of aryl methyl sites for hydroxylation is 1. The van der Waals surface area contributed by atoms with Crippen LogP contribution in [-0.2, 0) is 5.88 Å². The second-order valence-corrected chi connectivity index (χ2v) is 3.07. The van der Waals surface area contributed by atoms with Crippen LogP contribution in [0.4, 0.5) is 5.69 Å². The van der Waals surface area contributed by atoms with Crippen molar-refractivity contribution in [2.24, 2.45) is 0 Å². The van der Waals surface area contributed by atoms with Crippen LogP contribution in [0.5, 0.6) is 0 Å². The van der Waals surface area contributed by atoms with Gasteiger partial charge in [-0.05, 0) is 18.6 Å². The van der Waals surface area contributed by atoms with Crippen LogP contribution in [0.2, 0.25) is 0 Å². The smallest absolute Gasteiger partial charge is 0.258 e. The third kappa shape index (κ3) is 1.83. The first kappa shape index (κ1) is 10.5. The molecule has 0 atom stereocenters. The Balaban J connectivity index is 3.41. The summed E-state index contributed by atoms with van der Waals surface area (Å²) in [5, 5.41) is 19.3. The maximum atomic E-state index is 10.6. The third-order valence-electron chi connectivity index (χ3n) is 1.89. The van der Waals surface area contributed by atoms with Crippen LogP contribution >= 0.6 is 11.6 Å². The monoisotopic (exact) mass is 210 g/mol. The van der Waals surface area contributed by atoms with E-state index in [4.69, 9.17) is 16.9 Å². The van der Waals surface area contributed by atoms with Crippen molar-refractivity contribution >= 4 is 17.3 Å². The highest BCUT2D eigenvalue weighted by Crippen LogP contribution is 2.24. The molecule has 1 aromatic carbocycles. The van der Waals surface area contributed by atoms with Gasteiger partial charge in [-0.15, -0.1) is 11.6 Å². The number of hydrogen-bond donors (Lipinski definition) is 0. The number of nitrogens with zero attached hydrogens (tertiary/aromatic N) is 2. The molecule has 0 aliphatic carbocycles. The Morgan fingerprint density at radius 3 is 2.71 bits per heavy atom. The predicted octanol–water partition coefficient (Wildman–Crippen LogP) is 2.51. The van der Waals surface area contributed by atoms with Crippen molar-refractivity contribution in [3.63, 3.8) is 0 Å². The van der Waals surface area contributed by atoms with Gasteiger partial charge in [0.05, 0.1) is 22.4 Å². The lowest BCUT2D eigenvalue weighted by atomic mass is 10.0. The lowest BCUT2D eigenvalue weighted by Crippen LogP contribution is -1.96. The van der Waals surface area contributed by atoms with Gasteiger partial charge in [0.1, 0.15) is 0 Å². The number of nitro benzene ring substituents is 1. The van der Waals surface area contributed by atoms with Gasteiger partial charge in [0, 0.05) is 11.6 Å². The fraction of sp³-hybridized carbons (Fsp3) is 0.222. The van der Waals surface area contributed by atoms with Crippen molar-refractivity contribution in [2.75, 3.05) is 0 Å². The van der Waals surface area contributed by atoms with Gasteiger partial charge in [0.2, 0.25) is 0 Å². The Hall–Kier alpha value is -1.60. The molecule has 0 spiro atoms. The van der Waals surface area contributed by atoms with Gasteiger partial charge in [-0.2, -0.15) is 5.26 Å². The summed E-state index contributed by atoms with van der Waals surface area (Å²) >= 11 is 5.54. The maximum absolute atomic E-state index is 10.6. The number of alkyl halides is 1. The summed E-state index contributed by atoms with van der Waals surface area (Å²) in [7, 11) is 0. The minimum Gasteiger partial charge on any atom is -0.258 e. The average Bonchev–Trinajstić information content (AvgIpc) is 2.17. The fourth-order valence-corrected chi connectivity index (χ4v) is 1.35. The molecular formula is C9H7ClN2O2. The van der Waals surface area contributed by atoms with Crippen molar-refractivity contribution < 1.29 is 4.92 Å². The summed E-state index contributed by atoms with van der Waals surface area (Å²) in [5.41, 5.74) is 1.36. The molecule has 0 aliphatic heterocycles. The molecule has 14 heavy (non-hydrogen) atoms. The van der Waals surface area contributed by atoms with Crippen LogP contribution in [0.3, 0.4) is 0 Å². The number of rotatable bonds is 2. The van der Waals surface area contributed by atoms with Gasteiger partial charge in [-0.3, -0.25) is 10.1 Å². The summed E-state index contributed by atoms with van der Waals surface area (Å²) in [6, 6.07) is 4.78. The van der Waals surface area contributed by atoms with Crippen LogP contribution in [0.15, 0.2) is 12.1 Å². The van der Waals surface area contributed by atoms with E-state index in [1.807, 2.05) is 6.07 Å². The molecule has 0 aliphatic rings. The van der Waals surface area contributed by atoms with Crippen LogP contribution in [0.25, 0.3) is 0 Å². The maximum Gasteiger partial charge on any atom is 0.274 e. The highest BCUT2D eigenvalue weighted by Gasteiger charge is 2.15. The van der Waals surface area contributed by atoms with Crippen LogP contribution in [0.1, 0.15) is 16.7 Å². The van der Waals surface area contributed by atoms with Gasteiger partial charge < -0.3 is 0 Å². The molecule has 0 unspecified atom stereocenters. The summed E-state index contributed by atoms with van der Waals surface area (Å²) in [6.45, 7) is 1.66. The average molecular weight is 211 g/mol. The fourth-order valence-electron chi connectivity index (χ4n) is 1.13. The molecule has 0 heterocycles. The van der Waals surface area contributed by atoms with E-state index in [2.05, 4.69) is 0 Å². The normalized spacial score (nSPS) is 9.50. The highest BCUT2D eigenvalue weighted by molar-refractivity contribution is 6.17. The van der Waals surface area contributed by atoms with Crippen molar-refractivity contribution in [1.29, 1.82) is 5.26 Å². The van der Waals surface area contributed by atoms with E-state index in [1.54, 1.807) is 6.92 Å². The zero-order chi connectivity index (χ0) is 10.7. The Kier molecular flexibility index (Phi) is 3.05. The molecule has 0 amide bonds. The molecule has 0 radical (unpaired) electrons. The Bertz CT molecular complexity index is 424. The molecule has 1 aromatic rings. The standard InChI is InChI=1S/C9H7ClN2O2/c1-6-2-9(12(13)14)7(4-10)3-8(6)5-11/h2-3H,4H2,1H3. The van der Waals surface area contributed by atoms with Crippen molar-refractivity contribution in [2.45, 2.75) is 12.8 Å².